The summed E-state index contributed by atoms with van der Waals surface area (Å²) < 4.78 is 26.3. The van der Waals surface area contributed by atoms with Gasteiger partial charge in [0.25, 0.3) is 11.1 Å². The molecule has 0 atom stereocenters. The molecule has 2 aromatic rings. The molecule has 1 heterocycles. The maximum absolute atomic E-state index is 12.4. The standard InChI is InChI=1S/C19H19N3O5S2/c1-2-20-29(26,27)16-9-5-14(6-10-16)18(24)21-15-7-3-13(4-8-15)11-22-17(23)12-28-19(22)25/h3-10,20H,2,11-12H2,1H3,(H,21,24). The average Bonchev–Trinajstić information content (AvgIpc) is 3.01. The van der Waals surface area contributed by atoms with Gasteiger partial charge in [0.15, 0.2) is 0 Å². The summed E-state index contributed by atoms with van der Waals surface area (Å²) in [5.41, 5.74) is 1.62. The van der Waals surface area contributed by atoms with Crippen LogP contribution in [0.25, 0.3) is 0 Å². The van der Waals surface area contributed by atoms with Gasteiger partial charge in [-0.2, -0.15) is 0 Å². The number of hydrogen-bond donors (Lipinski definition) is 2. The quantitative estimate of drug-likeness (QED) is 0.694. The van der Waals surface area contributed by atoms with Crippen LogP contribution in [0.4, 0.5) is 10.5 Å². The summed E-state index contributed by atoms with van der Waals surface area (Å²) in [6.45, 7) is 2.16. The number of amides is 3. The van der Waals surface area contributed by atoms with Crippen molar-refractivity contribution in [3.8, 4) is 0 Å². The van der Waals surface area contributed by atoms with E-state index in [-0.39, 0.29) is 40.8 Å². The first-order valence-corrected chi connectivity index (χ1v) is 11.2. The van der Waals surface area contributed by atoms with Crippen LogP contribution in [-0.2, 0) is 21.4 Å². The molecule has 29 heavy (non-hydrogen) atoms. The van der Waals surface area contributed by atoms with Gasteiger partial charge in [0.1, 0.15) is 0 Å². The second kappa shape index (κ2) is 8.76. The molecule has 0 aromatic heterocycles. The molecule has 0 unspecified atom stereocenters. The largest absolute Gasteiger partial charge is 0.322 e. The Morgan fingerprint density at radius 1 is 1.07 bits per heavy atom. The van der Waals surface area contributed by atoms with Gasteiger partial charge >= 0.3 is 0 Å². The summed E-state index contributed by atoms with van der Waals surface area (Å²) >= 11 is 0.986. The minimum atomic E-state index is -3.57. The highest BCUT2D eigenvalue weighted by Crippen LogP contribution is 2.22. The average molecular weight is 434 g/mol. The third kappa shape index (κ3) is 5.03. The first kappa shape index (κ1) is 21.0. The van der Waals surface area contributed by atoms with Crippen LogP contribution in [0.15, 0.2) is 53.4 Å². The number of sulfonamides is 1. The fourth-order valence-corrected chi connectivity index (χ4v) is 4.44. The number of benzene rings is 2. The van der Waals surface area contributed by atoms with Crippen molar-refractivity contribution >= 4 is 44.5 Å². The lowest BCUT2D eigenvalue weighted by Crippen LogP contribution is -2.27. The SMILES string of the molecule is CCNS(=O)(=O)c1ccc(C(=O)Nc2ccc(CN3C(=O)CSC3=O)cc2)cc1. The normalized spacial score (nSPS) is 14.3. The van der Waals surface area contributed by atoms with Gasteiger partial charge in [-0.1, -0.05) is 30.8 Å². The Bertz CT molecular complexity index is 1020. The molecule has 1 saturated heterocycles. The number of thioether (sulfide) groups is 1. The smallest absolute Gasteiger partial charge is 0.289 e. The molecule has 2 aromatic carbocycles. The van der Waals surface area contributed by atoms with Gasteiger partial charge in [0.05, 0.1) is 17.2 Å². The van der Waals surface area contributed by atoms with E-state index in [2.05, 4.69) is 10.0 Å². The Morgan fingerprint density at radius 2 is 1.72 bits per heavy atom. The molecule has 0 bridgehead atoms. The van der Waals surface area contributed by atoms with E-state index in [1.54, 1.807) is 31.2 Å². The number of anilines is 1. The summed E-state index contributed by atoms with van der Waals surface area (Å²) in [7, 11) is -3.57. The summed E-state index contributed by atoms with van der Waals surface area (Å²) in [5, 5.41) is 2.47. The lowest BCUT2D eigenvalue weighted by Gasteiger charge is -2.13. The zero-order valence-electron chi connectivity index (χ0n) is 15.5. The second-order valence-corrected chi connectivity index (χ2v) is 8.90. The molecular formula is C19H19N3O5S2. The van der Waals surface area contributed by atoms with Gasteiger partial charge in [-0.05, 0) is 42.0 Å². The summed E-state index contributed by atoms with van der Waals surface area (Å²) in [6, 6.07) is 12.4. The fourth-order valence-electron chi connectivity index (χ4n) is 2.67. The monoisotopic (exact) mass is 433 g/mol. The molecular weight excluding hydrogens is 414 g/mol. The zero-order valence-corrected chi connectivity index (χ0v) is 17.2. The molecule has 3 rings (SSSR count). The molecule has 0 saturated carbocycles. The number of rotatable bonds is 7. The highest BCUT2D eigenvalue weighted by molar-refractivity contribution is 8.14. The Hall–Kier alpha value is -2.69. The highest BCUT2D eigenvalue weighted by Gasteiger charge is 2.29. The van der Waals surface area contributed by atoms with Gasteiger partial charge in [-0.25, -0.2) is 13.1 Å². The Kier molecular flexibility index (Phi) is 6.36. The van der Waals surface area contributed by atoms with Gasteiger partial charge < -0.3 is 5.32 Å². The molecule has 8 nitrogen and oxygen atoms in total. The molecule has 0 aliphatic carbocycles. The van der Waals surface area contributed by atoms with Crippen molar-refractivity contribution in [3.05, 3.63) is 59.7 Å². The van der Waals surface area contributed by atoms with Gasteiger partial charge in [0.2, 0.25) is 15.9 Å². The summed E-state index contributed by atoms with van der Waals surface area (Å²) in [4.78, 5) is 37.0. The third-order valence-corrected chi connectivity index (χ3v) is 6.57. The van der Waals surface area contributed by atoms with E-state index >= 15 is 0 Å². The predicted octanol–water partition coefficient (Wildman–Crippen LogP) is 2.43. The maximum Gasteiger partial charge on any atom is 0.289 e. The molecule has 152 valence electrons. The van der Waals surface area contributed by atoms with E-state index in [9.17, 15) is 22.8 Å². The van der Waals surface area contributed by atoms with Crippen LogP contribution in [0.1, 0.15) is 22.8 Å². The van der Waals surface area contributed by atoms with Crippen molar-refractivity contribution in [2.45, 2.75) is 18.4 Å². The number of nitrogens with zero attached hydrogens (tertiary/aromatic N) is 1. The Labute approximate surface area is 172 Å². The van der Waals surface area contributed by atoms with E-state index in [4.69, 9.17) is 0 Å². The molecule has 0 spiro atoms. The zero-order chi connectivity index (χ0) is 21.0. The van der Waals surface area contributed by atoms with Crippen LogP contribution in [0.3, 0.4) is 0 Å². The van der Waals surface area contributed by atoms with E-state index in [1.165, 1.54) is 29.2 Å². The molecule has 1 aliphatic rings. The third-order valence-electron chi connectivity index (χ3n) is 4.15. The number of carbonyl (C=O) groups excluding carboxylic acids is 3. The molecule has 1 aliphatic heterocycles. The van der Waals surface area contributed by atoms with Crippen molar-refractivity contribution in [1.82, 2.24) is 9.62 Å². The first-order chi connectivity index (χ1) is 13.8. The van der Waals surface area contributed by atoms with E-state index in [1.807, 2.05) is 0 Å². The number of carbonyl (C=O) groups is 3. The Morgan fingerprint density at radius 3 is 2.28 bits per heavy atom. The van der Waals surface area contributed by atoms with E-state index < -0.39 is 10.0 Å². The molecule has 0 radical (unpaired) electrons. The fraction of sp³-hybridized carbons (Fsp3) is 0.211. The first-order valence-electron chi connectivity index (χ1n) is 8.77. The predicted molar refractivity (Wildman–Crippen MR) is 110 cm³/mol. The summed E-state index contributed by atoms with van der Waals surface area (Å²) in [6.07, 6.45) is 0. The van der Waals surface area contributed by atoms with Crippen molar-refractivity contribution in [3.63, 3.8) is 0 Å². The lowest BCUT2D eigenvalue weighted by atomic mass is 10.1. The minimum Gasteiger partial charge on any atom is -0.322 e. The summed E-state index contributed by atoms with van der Waals surface area (Å²) in [5.74, 6) is -0.426. The topological polar surface area (TPSA) is 113 Å². The Balaban J connectivity index is 1.63. The maximum atomic E-state index is 12.4. The molecule has 2 N–H and O–H groups in total. The van der Waals surface area contributed by atoms with Crippen LogP contribution in [-0.4, -0.2) is 42.7 Å². The van der Waals surface area contributed by atoms with Crippen LogP contribution < -0.4 is 10.0 Å². The van der Waals surface area contributed by atoms with Crippen molar-refractivity contribution in [2.75, 3.05) is 17.6 Å². The van der Waals surface area contributed by atoms with E-state index in [0.29, 0.717) is 11.3 Å². The lowest BCUT2D eigenvalue weighted by molar-refractivity contribution is -0.125. The van der Waals surface area contributed by atoms with E-state index in [0.717, 1.165) is 17.3 Å². The van der Waals surface area contributed by atoms with Gasteiger partial charge in [-0.15, -0.1) is 0 Å². The second-order valence-electron chi connectivity index (χ2n) is 6.21. The van der Waals surface area contributed by atoms with Crippen LogP contribution in [0, 0.1) is 0 Å². The minimum absolute atomic E-state index is 0.0874. The number of hydrogen-bond acceptors (Lipinski definition) is 6. The van der Waals surface area contributed by atoms with Crippen LogP contribution >= 0.6 is 11.8 Å². The number of imide groups is 1. The molecule has 10 heteroatoms. The van der Waals surface area contributed by atoms with Gasteiger partial charge in [-0.3, -0.25) is 19.3 Å². The van der Waals surface area contributed by atoms with Crippen molar-refractivity contribution < 1.29 is 22.8 Å². The van der Waals surface area contributed by atoms with Crippen molar-refractivity contribution in [1.29, 1.82) is 0 Å². The highest BCUT2D eigenvalue weighted by atomic mass is 32.2. The van der Waals surface area contributed by atoms with Crippen molar-refractivity contribution in [2.24, 2.45) is 0 Å². The van der Waals surface area contributed by atoms with Crippen LogP contribution in [0.5, 0.6) is 0 Å². The molecule has 3 amide bonds. The van der Waals surface area contributed by atoms with Crippen LogP contribution in [0.2, 0.25) is 0 Å². The van der Waals surface area contributed by atoms with Gasteiger partial charge in [0, 0.05) is 17.8 Å². The number of nitrogens with one attached hydrogen (secondary N) is 2. The molecule has 1 fully saturated rings.